The van der Waals surface area contributed by atoms with E-state index >= 15 is 0 Å². The van der Waals surface area contributed by atoms with Crippen molar-refractivity contribution < 1.29 is 4.42 Å². The number of furan rings is 1. The third kappa shape index (κ3) is 5.14. The first kappa shape index (κ1) is 19.1. The molecule has 1 heterocycles. The molecule has 0 saturated heterocycles. The number of hydrogen-bond donors (Lipinski definition) is 1. The van der Waals surface area contributed by atoms with Crippen molar-refractivity contribution in [3.8, 4) is 11.3 Å². The monoisotopic (exact) mass is 365 g/mol. The molecule has 1 N–H and O–H groups in total. The average molecular weight is 366 g/mol. The summed E-state index contributed by atoms with van der Waals surface area (Å²) in [5, 5.41) is 4.25. The topological polar surface area (TPSA) is 25.2 Å². The molecule has 1 aromatic heterocycles. The Bertz CT molecular complexity index is 691. The maximum atomic E-state index is 6.19. The zero-order chi connectivity index (χ0) is 16.1. The van der Waals surface area contributed by atoms with Gasteiger partial charge in [0.2, 0.25) is 0 Å². The molecular formula is C20H25Cl2NO. The van der Waals surface area contributed by atoms with Crippen LogP contribution in [-0.4, -0.2) is 6.54 Å². The van der Waals surface area contributed by atoms with Crippen LogP contribution in [-0.2, 0) is 6.54 Å². The van der Waals surface area contributed by atoms with Crippen LogP contribution in [0.25, 0.3) is 11.3 Å². The predicted octanol–water partition coefficient (Wildman–Crippen LogP) is 6.31. The molecular weight excluding hydrogens is 341 g/mol. The van der Waals surface area contributed by atoms with Crippen molar-refractivity contribution in [3.63, 3.8) is 0 Å². The fourth-order valence-corrected chi connectivity index (χ4v) is 3.15. The van der Waals surface area contributed by atoms with E-state index < -0.39 is 0 Å². The molecule has 0 saturated carbocycles. The number of aryl methyl sites for hydroxylation is 1. The fourth-order valence-electron chi connectivity index (χ4n) is 2.97. The van der Waals surface area contributed by atoms with Crippen LogP contribution < -0.4 is 5.32 Å². The molecule has 1 aliphatic rings. The standard InChI is InChI=1S/C20H24ClNO.ClH/c1-15-7-8-17(13-19(15)21)20-10-9-18(23-20)14-22-12-11-16-5-3-2-4-6-16;/h5,7-10,13,22H,2-4,6,11-12,14H2,1H3;1H. The zero-order valence-corrected chi connectivity index (χ0v) is 15.7. The van der Waals surface area contributed by atoms with Crippen LogP contribution in [0.15, 0.2) is 46.4 Å². The molecule has 130 valence electrons. The highest BCUT2D eigenvalue weighted by Crippen LogP contribution is 2.27. The summed E-state index contributed by atoms with van der Waals surface area (Å²) in [6, 6.07) is 10.1. The zero-order valence-electron chi connectivity index (χ0n) is 14.1. The summed E-state index contributed by atoms with van der Waals surface area (Å²) < 4.78 is 5.92. The minimum absolute atomic E-state index is 0. The maximum Gasteiger partial charge on any atom is 0.134 e. The summed E-state index contributed by atoms with van der Waals surface area (Å²) in [6.07, 6.45) is 8.82. The Labute approximate surface area is 155 Å². The Kier molecular flexibility index (Phi) is 7.41. The predicted molar refractivity (Wildman–Crippen MR) is 104 cm³/mol. The number of hydrogen-bond acceptors (Lipinski definition) is 2. The van der Waals surface area contributed by atoms with E-state index in [0.29, 0.717) is 0 Å². The number of allylic oxidation sites excluding steroid dienone is 1. The normalized spacial score (nSPS) is 14.2. The summed E-state index contributed by atoms with van der Waals surface area (Å²) in [5.74, 6) is 1.84. The Morgan fingerprint density at radius 2 is 2.04 bits per heavy atom. The lowest BCUT2D eigenvalue weighted by Crippen LogP contribution is -2.15. The van der Waals surface area contributed by atoms with Crippen molar-refractivity contribution in [2.24, 2.45) is 0 Å². The number of halogens is 2. The first-order valence-electron chi connectivity index (χ1n) is 8.46. The highest BCUT2D eigenvalue weighted by molar-refractivity contribution is 6.31. The number of nitrogens with one attached hydrogen (secondary N) is 1. The van der Waals surface area contributed by atoms with Crippen molar-refractivity contribution in [1.29, 1.82) is 0 Å². The lowest BCUT2D eigenvalue weighted by atomic mass is 9.97. The molecule has 0 atom stereocenters. The third-order valence-corrected chi connectivity index (χ3v) is 4.83. The van der Waals surface area contributed by atoms with Crippen LogP contribution >= 0.6 is 24.0 Å². The van der Waals surface area contributed by atoms with Crippen molar-refractivity contribution in [2.45, 2.75) is 45.6 Å². The van der Waals surface area contributed by atoms with Gasteiger partial charge in [-0.25, -0.2) is 0 Å². The van der Waals surface area contributed by atoms with Gasteiger partial charge >= 0.3 is 0 Å². The van der Waals surface area contributed by atoms with Gasteiger partial charge in [-0.2, -0.15) is 0 Å². The Balaban J connectivity index is 0.00000208. The molecule has 3 rings (SSSR count). The molecule has 4 heteroatoms. The Morgan fingerprint density at radius 3 is 2.79 bits per heavy atom. The molecule has 0 spiro atoms. The van der Waals surface area contributed by atoms with Gasteiger partial charge in [0.1, 0.15) is 11.5 Å². The molecule has 2 aromatic rings. The quantitative estimate of drug-likeness (QED) is 0.479. The van der Waals surface area contributed by atoms with Crippen molar-refractivity contribution in [2.75, 3.05) is 6.54 Å². The largest absolute Gasteiger partial charge is 0.460 e. The molecule has 1 aromatic carbocycles. The highest BCUT2D eigenvalue weighted by Gasteiger charge is 2.07. The molecule has 0 unspecified atom stereocenters. The number of rotatable bonds is 6. The van der Waals surface area contributed by atoms with Crippen LogP contribution in [0.2, 0.25) is 5.02 Å². The molecule has 0 amide bonds. The maximum absolute atomic E-state index is 6.19. The van der Waals surface area contributed by atoms with E-state index in [4.69, 9.17) is 16.0 Å². The molecule has 0 radical (unpaired) electrons. The van der Waals surface area contributed by atoms with Gasteiger partial charge in [0.25, 0.3) is 0 Å². The van der Waals surface area contributed by atoms with Gasteiger partial charge < -0.3 is 9.73 Å². The second kappa shape index (κ2) is 9.31. The van der Waals surface area contributed by atoms with Crippen LogP contribution in [0, 0.1) is 6.92 Å². The summed E-state index contributed by atoms with van der Waals surface area (Å²) in [6.45, 7) is 3.79. The second-order valence-electron chi connectivity index (χ2n) is 6.26. The van der Waals surface area contributed by atoms with E-state index in [9.17, 15) is 0 Å². The summed E-state index contributed by atoms with van der Waals surface area (Å²) >= 11 is 6.19. The van der Waals surface area contributed by atoms with E-state index in [2.05, 4.69) is 11.4 Å². The SMILES string of the molecule is Cc1ccc(-c2ccc(CNCCC3=CCCCC3)o2)cc1Cl.Cl. The van der Waals surface area contributed by atoms with Gasteiger partial charge in [-0.1, -0.05) is 35.4 Å². The smallest absolute Gasteiger partial charge is 0.134 e. The van der Waals surface area contributed by atoms with E-state index in [0.717, 1.165) is 47.2 Å². The molecule has 2 nitrogen and oxygen atoms in total. The van der Waals surface area contributed by atoms with Gasteiger partial charge in [0.15, 0.2) is 0 Å². The summed E-state index contributed by atoms with van der Waals surface area (Å²) in [4.78, 5) is 0. The van der Waals surface area contributed by atoms with Crippen LogP contribution in [0.4, 0.5) is 0 Å². The van der Waals surface area contributed by atoms with Gasteiger partial charge in [-0.05, 0) is 69.3 Å². The van der Waals surface area contributed by atoms with E-state index in [-0.39, 0.29) is 12.4 Å². The van der Waals surface area contributed by atoms with Crippen LogP contribution in [0.1, 0.15) is 43.4 Å². The van der Waals surface area contributed by atoms with Crippen molar-refractivity contribution in [3.05, 3.63) is 58.3 Å². The van der Waals surface area contributed by atoms with Crippen molar-refractivity contribution in [1.82, 2.24) is 5.32 Å². The first-order chi connectivity index (χ1) is 11.2. The summed E-state index contributed by atoms with van der Waals surface area (Å²) in [7, 11) is 0. The molecule has 0 aliphatic heterocycles. The Hall–Kier alpha value is -1.22. The Morgan fingerprint density at radius 1 is 1.17 bits per heavy atom. The van der Waals surface area contributed by atoms with Crippen molar-refractivity contribution >= 4 is 24.0 Å². The van der Waals surface area contributed by atoms with E-state index in [1.807, 2.05) is 37.3 Å². The minimum atomic E-state index is 0. The van der Waals surface area contributed by atoms with E-state index in [1.54, 1.807) is 5.57 Å². The minimum Gasteiger partial charge on any atom is -0.460 e. The van der Waals surface area contributed by atoms with Gasteiger partial charge in [0, 0.05) is 10.6 Å². The average Bonchev–Trinajstić information content (AvgIpc) is 3.04. The van der Waals surface area contributed by atoms with E-state index in [1.165, 1.54) is 25.7 Å². The first-order valence-corrected chi connectivity index (χ1v) is 8.84. The van der Waals surface area contributed by atoms with Gasteiger partial charge in [-0.3, -0.25) is 0 Å². The second-order valence-corrected chi connectivity index (χ2v) is 6.67. The van der Waals surface area contributed by atoms with Crippen LogP contribution in [0.3, 0.4) is 0 Å². The number of benzene rings is 1. The molecule has 24 heavy (non-hydrogen) atoms. The van der Waals surface area contributed by atoms with Crippen LogP contribution in [0.5, 0.6) is 0 Å². The molecule has 0 bridgehead atoms. The van der Waals surface area contributed by atoms with Gasteiger partial charge in [0.05, 0.1) is 6.54 Å². The summed E-state index contributed by atoms with van der Waals surface area (Å²) in [5.41, 5.74) is 3.72. The highest BCUT2D eigenvalue weighted by atomic mass is 35.5. The fraction of sp³-hybridized carbons (Fsp3) is 0.400. The lowest BCUT2D eigenvalue weighted by molar-refractivity contribution is 0.493. The molecule has 1 aliphatic carbocycles. The van der Waals surface area contributed by atoms with Gasteiger partial charge in [-0.15, -0.1) is 12.4 Å². The lowest BCUT2D eigenvalue weighted by Gasteiger charge is -2.12. The molecule has 0 fully saturated rings. The third-order valence-electron chi connectivity index (χ3n) is 4.43.